The van der Waals surface area contributed by atoms with E-state index in [-0.39, 0.29) is 5.91 Å². The first-order chi connectivity index (χ1) is 10.8. The highest BCUT2D eigenvalue weighted by atomic mass is 32.2. The Balaban J connectivity index is 1.85. The Morgan fingerprint density at radius 3 is 2.55 bits per heavy atom. The van der Waals surface area contributed by atoms with E-state index in [1.54, 1.807) is 0 Å². The third kappa shape index (κ3) is 10.7. The van der Waals surface area contributed by atoms with Gasteiger partial charge in [-0.2, -0.15) is 0 Å². The predicted molar refractivity (Wildman–Crippen MR) is 95.2 cm³/mol. The van der Waals surface area contributed by atoms with Crippen LogP contribution in [-0.4, -0.2) is 23.2 Å². The van der Waals surface area contributed by atoms with Gasteiger partial charge in [0.25, 0.3) is 0 Å². The molecule has 1 N–H and O–H groups in total. The van der Waals surface area contributed by atoms with E-state index < -0.39 is 0 Å². The van der Waals surface area contributed by atoms with E-state index in [1.165, 1.54) is 43.4 Å². The molecule has 0 unspecified atom stereocenters. The first kappa shape index (κ1) is 19.0. The molecular weight excluding hydrogens is 292 g/mol. The minimum atomic E-state index is 0.225. The molecule has 0 aliphatic heterocycles. The first-order valence-corrected chi connectivity index (χ1v) is 9.61. The van der Waals surface area contributed by atoms with Crippen molar-refractivity contribution in [2.75, 3.05) is 12.3 Å². The lowest BCUT2D eigenvalue weighted by atomic mass is 10.1. The maximum absolute atomic E-state index is 11.6. The second kappa shape index (κ2) is 13.6. The molecule has 22 heavy (non-hydrogen) atoms. The lowest BCUT2D eigenvalue weighted by Crippen LogP contribution is -2.23. The minimum Gasteiger partial charge on any atom is -0.356 e. The number of rotatable bonds is 13. The molecule has 4 heteroatoms. The van der Waals surface area contributed by atoms with Gasteiger partial charge in [-0.15, -0.1) is 11.8 Å². The van der Waals surface area contributed by atoms with Gasteiger partial charge < -0.3 is 5.32 Å². The van der Waals surface area contributed by atoms with Crippen molar-refractivity contribution >= 4 is 17.7 Å². The van der Waals surface area contributed by atoms with Gasteiger partial charge in [-0.05, 0) is 37.1 Å². The summed E-state index contributed by atoms with van der Waals surface area (Å²) >= 11 is 1.87. The van der Waals surface area contributed by atoms with Gasteiger partial charge in [-0.25, -0.2) is 0 Å². The van der Waals surface area contributed by atoms with Gasteiger partial charge in [-0.3, -0.25) is 9.78 Å². The zero-order chi connectivity index (χ0) is 15.9. The van der Waals surface area contributed by atoms with Crippen LogP contribution in [0.3, 0.4) is 0 Å². The highest BCUT2D eigenvalue weighted by Crippen LogP contribution is 2.17. The molecule has 0 saturated heterocycles. The molecule has 0 radical (unpaired) electrons. The van der Waals surface area contributed by atoms with Crippen LogP contribution in [-0.2, 0) is 4.79 Å². The maximum atomic E-state index is 11.6. The van der Waals surface area contributed by atoms with Gasteiger partial charge in [0.1, 0.15) is 0 Å². The monoisotopic (exact) mass is 322 g/mol. The zero-order valence-corrected chi connectivity index (χ0v) is 14.7. The van der Waals surface area contributed by atoms with Gasteiger partial charge in [0.15, 0.2) is 0 Å². The number of carbonyl (C=O) groups is 1. The third-order valence-electron chi connectivity index (χ3n) is 3.57. The number of pyridine rings is 1. The lowest BCUT2D eigenvalue weighted by molar-refractivity contribution is -0.121. The highest BCUT2D eigenvalue weighted by Gasteiger charge is 2.00. The van der Waals surface area contributed by atoms with E-state index in [4.69, 9.17) is 0 Å². The van der Waals surface area contributed by atoms with Crippen molar-refractivity contribution in [1.82, 2.24) is 10.3 Å². The Morgan fingerprint density at radius 1 is 1.05 bits per heavy atom. The summed E-state index contributed by atoms with van der Waals surface area (Å²) in [5.41, 5.74) is 0. The maximum Gasteiger partial charge on any atom is 0.219 e. The molecule has 0 spiro atoms. The number of amides is 1. The van der Waals surface area contributed by atoms with Crippen molar-refractivity contribution in [3.05, 3.63) is 24.5 Å². The van der Waals surface area contributed by atoms with Crippen LogP contribution in [0.2, 0.25) is 0 Å². The number of nitrogens with zero attached hydrogens (tertiary/aromatic N) is 1. The van der Waals surface area contributed by atoms with E-state index in [2.05, 4.69) is 17.2 Å². The molecule has 3 nitrogen and oxygen atoms in total. The molecule has 1 heterocycles. The fraction of sp³-hybridized carbons (Fsp3) is 0.667. The summed E-state index contributed by atoms with van der Waals surface area (Å²) in [5, 5.41) is 3.03. The first-order valence-electron chi connectivity index (χ1n) is 8.62. The van der Waals surface area contributed by atoms with Crippen molar-refractivity contribution < 1.29 is 4.79 Å². The molecular formula is C18H30N2OS. The Hall–Kier alpha value is -1.03. The number of thioether (sulfide) groups is 1. The standard InChI is InChI=1S/C18H30N2OS/c1-2-3-4-5-7-10-18(21)20-13-8-6-9-16-22-17-11-14-19-15-12-17/h11-12,14-15H,2-10,13,16H2,1H3,(H,20,21). The number of hydrogen-bond acceptors (Lipinski definition) is 3. The number of carbonyl (C=O) groups excluding carboxylic acids is 1. The number of nitrogens with one attached hydrogen (secondary N) is 1. The highest BCUT2D eigenvalue weighted by molar-refractivity contribution is 7.99. The van der Waals surface area contributed by atoms with Crippen molar-refractivity contribution in [3.63, 3.8) is 0 Å². The molecule has 0 bridgehead atoms. The van der Waals surface area contributed by atoms with Crippen LogP contribution in [0, 0.1) is 0 Å². The number of unbranched alkanes of at least 4 members (excludes halogenated alkanes) is 6. The summed E-state index contributed by atoms with van der Waals surface area (Å²) in [7, 11) is 0. The SMILES string of the molecule is CCCCCCCC(=O)NCCCCCSc1ccncc1. The molecule has 124 valence electrons. The molecule has 1 rings (SSSR count). The van der Waals surface area contributed by atoms with Gasteiger partial charge in [0, 0.05) is 30.3 Å². The number of hydrogen-bond donors (Lipinski definition) is 1. The predicted octanol–water partition coefficient (Wildman–Crippen LogP) is 4.82. The average Bonchev–Trinajstić information content (AvgIpc) is 2.55. The van der Waals surface area contributed by atoms with Gasteiger partial charge >= 0.3 is 0 Å². The average molecular weight is 323 g/mol. The summed E-state index contributed by atoms with van der Waals surface area (Å²) in [6, 6.07) is 4.09. The molecule has 0 atom stereocenters. The van der Waals surface area contributed by atoms with Crippen LogP contribution in [0.4, 0.5) is 0 Å². The van der Waals surface area contributed by atoms with Crippen molar-refractivity contribution in [2.45, 2.75) is 69.6 Å². The van der Waals surface area contributed by atoms with Crippen LogP contribution in [0.25, 0.3) is 0 Å². The van der Waals surface area contributed by atoms with Crippen LogP contribution in [0.1, 0.15) is 64.7 Å². The summed E-state index contributed by atoms with van der Waals surface area (Å²) in [4.78, 5) is 16.9. The van der Waals surface area contributed by atoms with Gasteiger partial charge in [0.05, 0.1) is 0 Å². The Morgan fingerprint density at radius 2 is 1.77 bits per heavy atom. The Labute approximate surface area is 139 Å². The van der Waals surface area contributed by atoms with Gasteiger partial charge in [-0.1, -0.05) is 39.0 Å². The molecule has 0 aliphatic rings. The molecule has 1 aromatic rings. The molecule has 1 amide bonds. The second-order valence-electron chi connectivity index (χ2n) is 5.61. The minimum absolute atomic E-state index is 0.225. The zero-order valence-electron chi connectivity index (χ0n) is 13.9. The van der Waals surface area contributed by atoms with Crippen LogP contribution < -0.4 is 5.32 Å². The fourth-order valence-corrected chi connectivity index (χ4v) is 3.13. The molecule has 0 saturated carbocycles. The van der Waals surface area contributed by atoms with Crippen molar-refractivity contribution in [2.24, 2.45) is 0 Å². The largest absolute Gasteiger partial charge is 0.356 e. The summed E-state index contributed by atoms with van der Waals surface area (Å²) < 4.78 is 0. The summed E-state index contributed by atoms with van der Waals surface area (Å²) in [6.45, 7) is 3.04. The van der Waals surface area contributed by atoms with E-state index in [0.717, 1.165) is 25.1 Å². The van der Waals surface area contributed by atoms with Crippen molar-refractivity contribution in [3.8, 4) is 0 Å². The van der Waals surface area contributed by atoms with Crippen LogP contribution >= 0.6 is 11.8 Å². The fourth-order valence-electron chi connectivity index (χ4n) is 2.23. The molecule has 0 fully saturated rings. The van der Waals surface area contributed by atoms with E-state index in [0.29, 0.717) is 6.42 Å². The molecule has 0 aromatic carbocycles. The van der Waals surface area contributed by atoms with E-state index in [1.807, 2.05) is 36.3 Å². The molecule has 1 aromatic heterocycles. The third-order valence-corrected chi connectivity index (χ3v) is 4.67. The van der Waals surface area contributed by atoms with E-state index >= 15 is 0 Å². The normalized spacial score (nSPS) is 10.6. The molecule has 0 aliphatic carbocycles. The van der Waals surface area contributed by atoms with Gasteiger partial charge in [0.2, 0.25) is 5.91 Å². The summed E-state index contributed by atoms with van der Waals surface area (Å²) in [5.74, 6) is 1.36. The Kier molecular flexibility index (Phi) is 11.8. The lowest BCUT2D eigenvalue weighted by Gasteiger charge is -2.05. The van der Waals surface area contributed by atoms with Crippen LogP contribution in [0.15, 0.2) is 29.4 Å². The quantitative estimate of drug-likeness (QED) is 0.418. The van der Waals surface area contributed by atoms with Crippen LogP contribution in [0.5, 0.6) is 0 Å². The topological polar surface area (TPSA) is 42.0 Å². The van der Waals surface area contributed by atoms with E-state index in [9.17, 15) is 4.79 Å². The Bertz CT molecular complexity index is 384. The summed E-state index contributed by atoms with van der Waals surface area (Å²) in [6.07, 6.45) is 13.8. The smallest absolute Gasteiger partial charge is 0.219 e. The number of aromatic nitrogens is 1. The second-order valence-corrected chi connectivity index (χ2v) is 6.77. The van der Waals surface area contributed by atoms with Crippen molar-refractivity contribution in [1.29, 1.82) is 0 Å².